The highest BCUT2D eigenvalue weighted by Gasteiger charge is 2.21. The van der Waals surface area contributed by atoms with Crippen LogP contribution in [-0.4, -0.2) is 36.8 Å². The normalized spacial score (nSPS) is 11.0. The van der Waals surface area contributed by atoms with Gasteiger partial charge in [-0.25, -0.2) is 10.2 Å². The summed E-state index contributed by atoms with van der Waals surface area (Å²) in [5, 5.41) is 5.58. The van der Waals surface area contributed by atoms with Crippen molar-refractivity contribution in [2.45, 2.75) is 6.92 Å². The van der Waals surface area contributed by atoms with Crippen LogP contribution in [0.1, 0.15) is 33.3 Å². The standard InChI is InChI=1S/C32H25ClIN3O5/c1-3-41-27-17-19(11-16-26(27)42-32(39)20-12-14-21(40-2)15-13-20)18-35-37-31(38)30-28(22-7-4-5-9-24(22)33)23-8-6-10-25(34)29(23)36-30/h4-18,36H,3H2,1-2H3,(H,37,38). The summed E-state index contributed by atoms with van der Waals surface area (Å²) in [5.74, 6) is 0.297. The third-order valence-electron chi connectivity index (χ3n) is 6.33. The third kappa shape index (κ3) is 6.27. The van der Waals surface area contributed by atoms with Crippen molar-refractivity contribution in [3.05, 3.63) is 110 Å². The maximum absolute atomic E-state index is 13.3. The number of carbonyl (C=O) groups is 2. The molecular weight excluding hydrogens is 669 g/mol. The van der Waals surface area contributed by atoms with Gasteiger partial charge >= 0.3 is 5.97 Å². The molecule has 8 nitrogen and oxygen atoms in total. The quantitative estimate of drug-likeness (QED) is 0.0548. The van der Waals surface area contributed by atoms with Crippen LogP contribution in [0.15, 0.2) is 90.0 Å². The molecule has 0 spiro atoms. The fraction of sp³-hybridized carbons (Fsp3) is 0.0938. The number of nitrogens with zero attached hydrogens (tertiary/aromatic N) is 1. The van der Waals surface area contributed by atoms with E-state index in [1.54, 1.807) is 55.6 Å². The van der Waals surface area contributed by atoms with Crippen molar-refractivity contribution in [3.63, 3.8) is 0 Å². The number of fused-ring (bicyclic) bond motifs is 1. The Hall–Kier alpha value is -4.35. The van der Waals surface area contributed by atoms with Crippen molar-refractivity contribution < 1.29 is 23.8 Å². The maximum Gasteiger partial charge on any atom is 0.343 e. The van der Waals surface area contributed by atoms with Crippen molar-refractivity contribution in [2.24, 2.45) is 5.10 Å². The summed E-state index contributed by atoms with van der Waals surface area (Å²) in [6.45, 7) is 2.18. The van der Waals surface area contributed by atoms with Crippen molar-refractivity contribution in [1.29, 1.82) is 0 Å². The zero-order valence-electron chi connectivity index (χ0n) is 22.6. The second kappa shape index (κ2) is 13.1. The molecule has 212 valence electrons. The highest BCUT2D eigenvalue weighted by atomic mass is 127. The van der Waals surface area contributed by atoms with Gasteiger partial charge in [0, 0.05) is 25.1 Å². The summed E-state index contributed by atoms with van der Waals surface area (Å²) < 4.78 is 17.4. The van der Waals surface area contributed by atoms with Gasteiger partial charge in [-0.2, -0.15) is 5.10 Å². The number of esters is 1. The van der Waals surface area contributed by atoms with E-state index in [2.05, 4.69) is 38.1 Å². The predicted molar refractivity (Wildman–Crippen MR) is 172 cm³/mol. The van der Waals surface area contributed by atoms with Gasteiger partial charge in [0.1, 0.15) is 11.4 Å². The second-order valence-electron chi connectivity index (χ2n) is 8.97. The average molecular weight is 694 g/mol. The van der Waals surface area contributed by atoms with E-state index in [1.807, 2.05) is 43.3 Å². The number of H-pyrrole nitrogens is 1. The number of methoxy groups -OCH3 is 1. The monoisotopic (exact) mass is 693 g/mol. The molecule has 0 saturated heterocycles. The number of aromatic amines is 1. The van der Waals surface area contributed by atoms with E-state index in [1.165, 1.54) is 6.21 Å². The molecule has 1 amide bonds. The Kier molecular flexibility index (Phi) is 9.09. The first kappa shape index (κ1) is 29.2. The number of halogens is 2. The molecule has 0 aliphatic rings. The summed E-state index contributed by atoms with van der Waals surface area (Å²) in [4.78, 5) is 29.3. The first-order valence-electron chi connectivity index (χ1n) is 12.9. The molecule has 0 radical (unpaired) electrons. The minimum absolute atomic E-state index is 0.260. The average Bonchev–Trinajstić information content (AvgIpc) is 3.39. The molecule has 0 unspecified atom stereocenters. The van der Waals surface area contributed by atoms with E-state index in [9.17, 15) is 9.59 Å². The predicted octanol–water partition coefficient (Wildman–Crippen LogP) is 7.48. The van der Waals surface area contributed by atoms with Crippen molar-refractivity contribution >= 4 is 63.2 Å². The number of rotatable bonds is 9. The number of aromatic nitrogens is 1. The van der Waals surface area contributed by atoms with E-state index >= 15 is 0 Å². The lowest BCUT2D eigenvalue weighted by atomic mass is 10.0. The number of hydrogen-bond donors (Lipinski definition) is 2. The highest BCUT2D eigenvalue weighted by molar-refractivity contribution is 14.1. The van der Waals surface area contributed by atoms with Crippen molar-refractivity contribution in [1.82, 2.24) is 10.4 Å². The van der Waals surface area contributed by atoms with E-state index < -0.39 is 11.9 Å². The van der Waals surface area contributed by atoms with E-state index in [-0.39, 0.29) is 5.75 Å². The third-order valence-corrected chi connectivity index (χ3v) is 7.56. The Morgan fingerprint density at radius 1 is 1.00 bits per heavy atom. The first-order chi connectivity index (χ1) is 20.4. The van der Waals surface area contributed by atoms with Crippen LogP contribution in [0.25, 0.3) is 22.0 Å². The highest BCUT2D eigenvalue weighted by Crippen LogP contribution is 2.38. The van der Waals surface area contributed by atoms with E-state index in [4.69, 9.17) is 25.8 Å². The summed E-state index contributed by atoms with van der Waals surface area (Å²) in [5.41, 5.74) is 6.21. The van der Waals surface area contributed by atoms with Gasteiger partial charge in [0.25, 0.3) is 5.91 Å². The van der Waals surface area contributed by atoms with Crippen LogP contribution in [-0.2, 0) is 0 Å². The lowest BCUT2D eigenvalue weighted by molar-refractivity contribution is 0.0728. The van der Waals surface area contributed by atoms with E-state index in [0.717, 1.165) is 20.0 Å². The van der Waals surface area contributed by atoms with Crippen LogP contribution >= 0.6 is 34.2 Å². The number of carbonyl (C=O) groups excluding carboxylic acids is 2. The Bertz CT molecular complexity index is 1800. The van der Waals surface area contributed by atoms with E-state index in [0.29, 0.717) is 45.5 Å². The van der Waals surface area contributed by atoms with Crippen molar-refractivity contribution in [3.8, 4) is 28.4 Å². The molecule has 0 bridgehead atoms. The minimum Gasteiger partial charge on any atom is -0.497 e. The molecule has 0 fully saturated rings. The molecule has 1 aromatic heterocycles. The Morgan fingerprint density at radius 3 is 2.52 bits per heavy atom. The van der Waals surface area contributed by atoms with Crippen LogP contribution in [0.4, 0.5) is 0 Å². The number of ether oxygens (including phenoxy) is 3. The SMILES string of the molecule is CCOc1cc(C=NNC(=O)c2[nH]c3c(I)cccc3c2-c2ccccc2Cl)ccc1OC(=O)c1ccc(OC)cc1. The van der Waals surface area contributed by atoms with Crippen LogP contribution in [0.3, 0.4) is 0 Å². The molecule has 1 heterocycles. The summed E-state index contributed by atoms with van der Waals surface area (Å²) in [7, 11) is 1.55. The van der Waals surface area contributed by atoms with Crippen molar-refractivity contribution in [2.75, 3.05) is 13.7 Å². The minimum atomic E-state index is -0.533. The molecule has 10 heteroatoms. The van der Waals surface area contributed by atoms with Gasteiger partial charge < -0.3 is 19.2 Å². The van der Waals surface area contributed by atoms with Crippen LogP contribution < -0.4 is 19.6 Å². The smallest absolute Gasteiger partial charge is 0.343 e. The largest absolute Gasteiger partial charge is 0.497 e. The molecule has 0 aliphatic carbocycles. The molecule has 0 atom stereocenters. The summed E-state index contributed by atoms with van der Waals surface area (Å²) in [6, 6.07) is 24.8. The fourth-order valence-corrected chi connectivity index (χ4v) is 5.22. The Labute approximate surface area is 260 Å². The lowest BCUT2D eigenvalue weighted by Crippen LogP contribution is -2.19. The molecule has 4 aromatic carbocycles. The zero-order chi connectivity index (χ0) is 29.6. The van der Waals surface area contributed by atoms with Crippen LogP contribution in [0, 0.1) is 3.57 Å². The van der Waals surface area contributed by atoms with Gasteiger partial charge in [-0.15, -0.1) is 0 Å². The van der Waals surface area contributed by atoms with Gasteiger partial charge in [0.05, 0.1) is 31.0 Å². The number of hydrazone groups is 1. The first-order valence-corrected chi connectivity index (χ1v) is 14.4. The molecule has 5 rings (SSSR count). The van der Waals surface area contributed by atoms with Crippen LogP contribution in [0.5, 0.6) is 17.2 Å². The van der Waals surface area contributed by atoms with Gasteiger partial charge in [-0.05, 0) is 89.7 Å². The topological polar surface area (TPSA) is 102 Å². The van der Waals surface area contributed by atoms with Crippen LogP contribution in [0.2, 0.25) is 5.02 Å². The number of nitrogens with one attached hydrogen (secondary N) is 2. The molecule has 5 aromatic rings. The summed E-state index contributed by atoms with van der Waals surface area (Å²) in [6.07, 6.45) is 1.48. The van der Waals surface area contributed by atoms with Gasteiger partial charge in [0.2, 0.25) is 0 Å². The number of para-hydroxylation sites is 1. The number of amides is 1. The Morgan fingerprint density at radius 2 is 1.79 bits per heavy atom. The second-order valence-corrected chi connectivity index (χ2v) is 10.5. The summed E-state index contributed by atoms with van der Waals surface area (Å²) >= 11 is 8.75. The molecule has 0 aliphatic heterocycles. The zero-order valence-corrected chi connectivity index (χ0v) is 25.5. The molecule has 2 N–H and O–H groups in total. The molecule has 42 heavy (non-hydrogen) atoms. The molecular formula is C32H25ClIN3O5. The number of benzene rings is 4. The Balaban J connectivity index is 1.36. The van der Waals surface area contributed by atoms with Gasteiger partial charge in [0.15, 0.2) is 11.5 Å². The fourth-order valence-electron chi connectivity index (χ4n) is 4.36. The molecule has 0 saturated carbocycles. The maximum atomic E-state index is 13.3. The number of hydrogen-bond acceptors (Lipinski definition) is 6. The van der Waals surface area contributed by atoms with Gasteiger partial charge in [-0.3, -0.25) is 4.79 Å². The van der Waals surface area contributed by atoms with Gasteiger partial charge in [-0.1, -0.05) is 41.9 Å². The lowest BCUT2D eigenvalue weighted by Gasteiger charge is -2.11.